The number of aromatic nitrogens is 2. The van der Waals surface area contributed by atoms with Gasteiger partial charge < -0.3 is 19.9 Å². The molecule has 10 heteroatoms. The van der Waals surface area contributed by atoms with Crippen molar-refractivity contribution >= 4 is 17.7 Å². The normalized spacial score (nSPS) is 13.1. The van der Waals surface area contributed by atoms with Gasteiger partial charge in [0, 0.05) is 18.1 Å². The van der Waals surface area contributed by atoms with Crippen LogP contribution < -0.4 is 10.6 Å². The number of esters is 1. The fourth-order valence-electron chi connectivity index (χ4n) is 2.83. The number of carbonyl (C=O) groups is 2. The van der Waals surface area contributed by atoms with E-state index in [-0.39, 0.29) is 18.2 Å². The highest BCUT2D eigenvalue weighted by Gasteiger charge is 2.30. The SMILES string of the molecule is CC(C)C(NC(=O)Nc1ccc(C(F)(F)F)cc1)c1nccn1CC(=O)OC(C)(C)C. The van der Waals surface area contributed by atoms with Gasteiger partial charge in [0.05, 0.1) is 11.6 Å². The van der Waals surface area contributed by atoms with Crippen molar-refractivity contribution in [3.05, 3.63) is 48.0 Å². The summed E-state index contributed by atoms with van der Waals surface area (Å²) in [4.78, 5) is 28.9. The molecular weight excluding hydrogens is 413 g/mol. The number of ether oxygens (including phenoxy) is 1. The standard InChI is InChI=1S/C21H27F3N4O3/c1-13(2)17(18-25-10-11-28(18)12-16(29)31-20(3,4)5)27-19(30)26-15-8-6-14(7-9-15)21(22,23)24/h6-11,13,17H,12H2,1-5H3,(H2,26,27,30). The topological polar surface area (TPSA) is 85.3 Å². The van der Waals surface area contributed by atoms with Crippen LogP contribution in [-0.4, -0.2) is 27.2 Å². The Hall–Kier alpha value is -3.04. The minimum absolute atomic E-state index is 0.0714. The lowest BCUT2D eigenvalue weighted by Crippen LogP contribution is -2.37. The molecule has 0 saturated heterocycles. The van der Waals surface area contributed by atoms with Gasteiger partial charge in [-0.15, -0.1) is 0 Å². The lowest BCUT2D eigenvalue weighted by molar-refractivity contribution is -0.155. The lowest BCUT2D eigenvalue weighted by Gasteiger charge is -2.24. The molecule has 2 amide bonds. The zero-order chi connectivity index (χ0) is 23.4. The Morgan fingerprint density at radius 2 is 1.74 bits per heavy atom. The molecule has 0 radical (unpaired) electrons. The minimum Gasteiger partial charge on any atom is -0.459 e. The summed E-state index contributed by atoms with van der Waals surface area (Å²) in [6.45, 7) is 8.97. The van der Waals surface area contributed by atoms with Crippen molar-refractivity contribution in [1.29, 1.82) is 0 Å². The molecule has 1 atom stereocenters. The van der Waals surface area contributed by atoms with E-state index in [4.69, 9.17) is 4.74 Å². The van der Waals surface area contributed by atoms with Gasteiger partial charge in [-0.05, 0) is 51.0 Å². The second kappa shape index (κ2) is 9.40. The number of nitrogens with one attached hydrogen (secondary N) is 2. The smallest absolute Gasteiger partial charge is 0.416 e. The molecule has 2 aromatic rings. The molecule has 2 rings (SSSR count). The monoisotopic (exact) mass is 440 g/mol. The molecule has 0 fully saturated rings. The highest BCUT2D eigenvalue weighted by Crippen LogP contribution is 2.30. The molecule has 1 aromatic carbocycles. The largest absolute Gasteiger partial charge is 0.459 e. The number of nitrogens with zero attached hydrogens (tertiary/aromatic N) is 2. The first-order valence-electron chi connectivity index (χ1n) is 9.74. The van der Waals surface area contributed by atoms with Crippen molar-refractivity contribution in [2.24, 2.45) is 5.92 Å². The Kier molecular flexibility index (Phi) is 7.35. The van der Waals surface area contributed by atoms with Gasteiger partial charge in [-0.25, -0.2) is 9.78 Å². The van der Waals surface area contributed by atoms with Gasteiger partial charge >= 0.3 is 18.2 Å². The number of benzene rings is 1. The van der Waals surface area contributed by atoms with Crippen molar-refractivity contribution in [2.45, 2.75) is 59.0 Å². The van der Waals surface area contributed by atoms with Crippen LogP contribution >= 0.6 is 0 Å². The third-order valence-corrected chi connectivity index (χ3v) is 4.17. The zero-order valence-electron chi connectivity index (χ0n) is 18.1. The number of rotatable bonds is 6. The molecule has 0 aliphatic carbocycles. The Balaban J connectivity index is 2.09. The Bertz CT molecular complexity index is 900. The molecule has 7 nitrogen and oxygen atoms in total. The van der Waals surface area contributed by atoms with Crippen molar-refractivity contribution in [3.8, 4) is 0 Å². The first-order chi connectivity index (χ1) is 14.3. The predicted octanol–water partition coefficient (Wildman–Crippen LogP) is 4.76. The number of amides is 2. The van der Waals surface area contributed by atoms with Crippen LogP contribution in [0.15, 0.2) is 36.7 Å². The van der Waals surface area contributed by atoms with Crippen LogP contribution in [0.1, 0.15) is 52.0 Å². The first kappa shape index (κ1) is 24.2. The van der Waals surface area contributed by atoms with Crippen molar-refractivity contribution in [2.75, 3.05) is 5.32 Å². The van der Waals surface area contributed by atoms with E-state index in [0.29, 0.717) is 5.82 Å². The van der Waals surface area contributed by atoms with Gasteiger partial charge in [-0.1, -0.05) is 13.8 Å². The molecule has 0 aliphatic heterocycles. The first-order valence-corrected chi connectivity index (χ1v) is 9.74. The number of urea groups is 1. The summed E-state index contributed by atoms with van der Waals surface area (Å²) in [6, 6.07) is 2.98. The molecule has 1 aromatic heterocycles. The van der Waals surface area contributed by atoms with E-state index in [0.717, 1.165) is 12.1 Å². The molecule has 31 heavy (non-hydrogen) atoms. The van der Waals surface area contributed by atoms with E-state index in [1.165, 1.54) is 18.3 Å². The van der Waals surface area contributed by atoms with Gasteiger partial charge in [-0.2, -0.15) is 13.2 Å². The van der Waals surface area contributed by atoms with Crippen molar-refractivity contribution in [3.63, 3.8) is 0 Å². The lowest BCUT2D eigenvalue weighted by atomic mass is 10.0. The number of alkyl halides is 3. The van der Waals surface area contributed by atoms with Gasteiger partial charge in [0.25, 0.3) is 0 Å². The number of halogens is 3. The van der Waals surface area contributed by atoms with Gasteiger partial charge in [0.2, 0.25) is 0 Å². The van der Waals surface area contributed by atoms with E-state index in [2.05, 4.69) is 15.6 Å². The summed E-state index contributed by atoms with van der Waals surface area (Å²) in [5, 5.41) is 5.28. The molecule has 1 unspecified atom stereocenters. The third kappa shape index (κ3) is 7.30. The van der Waals surface area contributed by atoms with E-state index < -0.39 is 35.4 Å². The van der Waals surface area contributed by atoms with Crippen LogP contribution in [0.2, 0.25) is 0 Å². The van der Waals surface area contributed by atoms with Crippen molar-refractivity contribution in [1.82, 2.24) is 14.9 Å². The highest BCUT2D eigenvalue weighted by molar-refractivity contribution is 5.89. The van der Waals surface area contributed by atoms with Crippen LogP contribution in [0.5, 0.6) is 0 Å². The van der Waals surface area contributed by atoms with Crippen LogP contribution in [-0.2, 0) is 22.3 Å². The maximum atomic E-state index is 12.7. The second-order valence-corrected chi connectivity index (χ2v) is 8.40. The summed E-state index contributed by atoms with van der Waals surface area (Å²) in [5.74, 6) is -0.0648. The fraction of sp³-hybridized carbons (Fsp3) is 0.476. The molecule has 170 valence electrons. The van der Waals surface area contributed by atoms with E-state index in [1.807, 2.05) is 13.8 Å². The van der Waals surface area contributed by atoms with Crippen molar-refractivity contribution < 1.29 is 27.5 Å². The number of carbonyl (C=O) groups excluding carboxylic acids is 2. The fourth-order valence-corrected chi connectivity index (χ4v) is 2.83. The number of anilines is 1. The Morgan fingerprint density at radius 1 is 1.13 bits per heavy atom. The molecular formula is C21H27F3N4O3. The molecule has 0 saturated carbocycles. The maximum absolute atomic E-state index is 12.7. The van der Waals surface area contributed by atoms with Crippen LogP contribution in [0.25, 0.3) is 0 Å². The molecule has 1 heterocycles. The average Bonchev–Trinajstić information content (AvgIpc) is 3.05. The van der Waals surface area contributed by atoms with Gasteiger partial charge in [0.1, 0.15) is 18.0 Å². The third-order valence-electron chi connectivity index (χ3n) is 4.17. The number of hydrogen-bond acceptors (Lipinski definition) is 4. The summed E-state index contributed by atoms with van der Waals surface area (Å²) < 4.78 is 45.0. The Labute approximate surface area is 179 Å². The van der Waals surface area contributed by atoms with Gasteiger partial charge in [-0.3, -0.25) is 4.79 Å². The van der Waals surface area contributed by atoms with E-state index >= 15 is 0 Å². The second-order valence-electron chi connectivity index (χ2n) is 8.40. The van der Waals surface area contributed by atoms with Gasteiger partial charge in [0.15, 0.2) is 0 Å². The zero-order valence-corrected chi connectivity index (χ0v) is 18.1. The summed E-state index contributed by atoms with van der Waals surface area (Å²) in [5.41, 5.74) is -1.22. The predicted molar refractivity (Wildman–Crippen MR) is 109 cm³/mol. The molecule has 0 bridgehead atoms. The summed E-state index contributed by atoms with van der Waals surface area (Å²) in [7, 11) is 0. The maximum Gasteiger partial charge on any atom is 0.416 e. The molecule has 0 aliphatic rings. The molecule has 0 spiro atoms. The van der Waals surface area contributed by atoms with E-state index in [9.17, 15) is 22.8 Å². The van der Waals surface area contributed by atoms with Crippen LogP contribution in [0.4, 0.5) is 23.7 Å². The van der Waals surface area contributed by atoms with E-state index in [1.54, 1.807) is 31.5 Å². The minimum atomic E-state index is -4.45. The van der Waals surface area contributed by atoms with Crippen LogP contribution in [0.3, 0.4) is 0 Å². The number of hydrogen-bond donors (Lipinski definition) is 2. The molecule has 2 N–H and O–H groups in total. The summed E-state index contributed by atoms with van der Waals surface area (Å²) >= 11 is 0. The summed E-state index contributed by atoms with van der Waals surface area (Å²) in [6.07, 6.45) is -1.32. The number of imidazole rings is 1. The highest BCUT2D eigenvalue weighted by atomic mass is 19.4. The van der Waals surface area contributed by atoms with Crippen LogP contribution in [0, 0.1) is 5.92 Å². The Morgan fingerprint density at radius 3 is 2.26 bits per heavy atom. The quantitative estimate of drug-likeness (QED) is 0.634. The average molecular weight is 440 g/mol.